The number of methoxy groups -OCH3 is 1. The summed E-state index contributed by atoms with van der Waals surface area (Å²) < 4.78 is 13.4. The van der Waals surface area contributed by atoms with Gasteiger partial charge in [0.15, 0.2) is 11.5 Å². The van der Waals surface area contributed by atoms with E-state index in [4.69, 9.17) is 14.1 Å². The molecule has 0 bridgehead atoms. The Morgan fingerprint density at radius 1 is 1.10 bits per heavy atom. The van der Waals surface area contributed by atoms with E-state index in [1.807, 2.05) is 47.3 Å². The minimum absolute atomic E-state index is 0.384. The molecule has 0 aliphatic carbocycles. The summed E-state index contributed by atoms with van der Waals surface area (Å²) in [5.41, 5.74) is 4.14. The molecule has 6 heteroatoms. The van der Waals surface area contributed by atoms with Gasteiger partial charge in [-0.3, -0.25) is 4.90 Å². The molecule has 1 fully saturated rings. The van der Waals surface area contributed by atoms with Crippen LogP contribution in [0.5, 0.6) is 5.75 Å². The van der Waals surface area contributed by atoms with Gasteiger partial charge in [-0.2, -0.15) is 5.10 Å². The predicted molar refractivity (Wildman–Crippen MR) is 111 cm³/mol. The van der Waals surface area contributed by atoms with Gasteiger partial charge in [0, 0.05) is 24.9 Å². The molecule has 5 rings (SSSR count). The zero-order valence-electron chi connectivity index (χ0n) is 16.5. The zero-order valence-corrected chi connectivity index (χ0v) is 16.5. The van der Waals surface area contributed by atoms with Crippen LogP contribution in [0.25, 0.3) is 16.8 Å². The van der Waals surface area contributed by atoms with Gasteiger partial charge in [-0.15, -0.1) is 0 Å². The maximum atomic E-state index is 6.00. The summed E-state index contributed by atoms with van der Waals surface area (Å²) in [5, 5.41) is 4.40. The molecule has 148 valence electrons. The van der Waals surface area contributed by atoms with Crippen molar-refractivity contribution < 1.29 is 9.15 Å². The maximum absolute atomic E-state index is 6.00. The van der Waals surface area contributed by atoms with E-state index in [0.717, 1.165) is 60.9 Å². The Kier molecular flexibility index (Phi) is 4.77. The summed E-state index contributed by atoms with van der Waals surface area (Å²) >= 11 is 0. The van der Waals surface area contributed by atoms with Crippen LogP contribution in [-0.2, 0) is 6.54 Å². The van der Waals surface area contributed by atoms with Crippen molar-refractivity contribution in [2.24, 2.45) is 0 Å². The van der Waals surface area contributed by atoms with Crippen LogP contribution in [0.3, 0.4) is 0 Å². The lowest BCUT2D eigenvalue weighted by Gasteiger charge is -2.31. The van der Waals surface area contributed by atoms with Gasteiger partial charge in [0.2, 0.25) is 0 Å². The lowest BCUT2D eigenvalue weighted by Crippen LogP contribution is -2.32. The van der Waals surface area contributed by atoms with E-state index in [2.05, 4.69) is 22.1 Å². The number of aromatic nitrogens is 3. The van der Waals surface area contributed by atoms with E-state index >= 15 is 0 Å². The van der Waals surface area contributed by atoms with Crippen molar-refractivity contribution >= 4 is 11.1 Å². The highest BCUT2D eigenvalue weighted by Crippen LogP contribution is 2.31. The Labute approximate surface area is 169 Å². The van der Waals surface area contributed by atoms with Gasteiger partial charge in [-0.1, -0.05) is 12.1 Å². The molecule has 29 heavy (non-hydrogen) atoms. The minimum atomic E-state index is 0.384. The number of benzene rings is 2. The number of nitrogens with zero attached hydrogens (tertiary/aromatic N) is 4. The molecule has 3 heterocycles. The smallest absolute Gasteiger partial charge is 0.198 e. The molecular weight excluding hydrogens is 364 g/mol. The molecule has 0 amide bonds. The van der Waals surface area contributed by atoms with Gasteiger partial charge >= 0.3 is 0 Å². The van der Waals surface area contributed by atoms with E-state index < -0.39 is 0 Å². The van der Waals surface area contributed by atoms with Crippen molar-refractivity contribution in [1.82, 2.24) is 19.7 Å². The zero-order chi connectivity index (χ0) is 19.6. The third kappa shape index (κ3) is 3.63. The van der Waals surface area contributed by atoms with E-state index in [-0.39, 0.29) is 0 Å². The molecule has 6 nitrogen and oxygen atoms in total. The largest absolute Gasteiger partial charge is 0.497 e. The quantitative estimate of drug-likeness (QED) is 0.507. The third-order valence-corrected chi connectivity index (χ3v) is 5.68. The van der Waals surface area contributed by atoms with E-state index in [1.165, 1.54) is 5.56 Å². The van der Waals surface area contributed by atoms with Crippen LogP contribution in [0, 0.1) is 0 Å². The van der Waals surface area contributed by atoms with Crippen LogP contribution >= 0.6 is 0 Å². The van der Waals surface area contributed by atoms with E-state index in [0.29, 0.717) is 5.92 Å². The Bertz CT molecular complexity index is 1060. The second-order valence-electron chi connectivity index (χ2n) is 7.52. The molecule has 0 radical (unpaired) electrons. The number of piperidine rings is 1. The van der Waals surface area contributed by atoms with Crippen LogP contribution in [-0.4, -0.2) is 39.9 Å². The van der Waals surface area contributed by atoms with Gasteiger partial charge in [-0.25, -0.2) is 9.67 Å². The van der Waals surface area contributed by atoms with Crippen LogP contribution < -0.4 is 4.74 Å². The molecular formula is C23H24N4O2. The molecule has 0 atom stereocenters. The first kappa shape index (κ1) is 17.9. The molecule has 1 saturated heterocycles. The molecule has 0 spiro atoms. The fraction of sp³-hybridized carbons (Fsp3) is 0.304. The second-order valence-corrected chi connectivity index (χ2v) is 7.52. The topological polar surface area (TPSA) is 56.3 Å². The van der Waals surface area contributed by atoms with Gasteiger partial charge in [0.1, 0.15) is 11.3 Å². The lowest BCUT2D eigenvalue weighted by atomic mass is 9.96. The Hall–Kier alpha value is -3.12. The number of likely N-dealkylation sites (tertiary alicyclic amines) is 1. The fourth-order valence-electron chi connectivity index (χ4n) is 4.09. The number of ether oxygens (including phenoxy) is 1. The maximum Gasteiger partial charge on any atom is 0.198 e. The Morgan fingerprint density at radius 2 is 1.97 bits per heavy atom. The number of para-hydroxylation sites is 2. The van der Waals surface area contributed by atoms with Crippen LogP contribution in [0.2, 0.25) is 0 Å². The summed E-state index contributed by atoms with van der Waals surface area (Å²) in [4.78, 5) is 7.19. The lowest BCUT2D eigenvalue weighted by molar-refractivity contribution is 0.193. The predicted octanol–water partition coefficient (Wildman–Crippen LogP) is 4.40. The molecule has 2 aromatic carbocycles. The number of oxazole rings is 1. The SMILES string of the molecule is COc1ccc(-n2cccn2)c(CN2CCC(c3nc4ccccc4o3)CC2)c1. The van der Waals surface area contributed by atoms with Crippen molar-refractivity contribution in [2.45, 2.75) is 25.3 Å². The molecule has 1 aliphatic heterocycles. The van der Waals surface area contributed by atoms with E-state index in [9.17, 15) is 0 Å². The highest BCUT2D eigenvalue weighted by molar-refractivity contribution is 5.72. The van der Waals surface area contributed by atoms with Gasteiger partial charge < -0.3 is 9.15 Å². The summed E-state index contributed by atoms with van der Waals surface area (Å²) in [5.74, 6) is 2.14. The Balaban J connectivity index is 1.30. The van der Waals surface area contributed by atoms with Crippen LogP contribution in [0.15, 0.2) is 65.3 Å². The highest BCUT2D eigenvalue weighted by Gasteiger charge is 2.25. The molecule has 0 saturated carbocycles. The average Bonchev–Trinajstić information content (AvgIpc) is 3.44. The highest BCUT2D eigenvalue weighted by atomic mass is 16.5. The van der Waals surface area contributed by atoms with Crippen molar-refractivity contribution in [3.05, 3.63) is 72.4 Å². The number of hydrogen-bond donors (Lipinski definition) is 0. The van der Waals surface area contributed by atoms with E-state index in [1.54, 1.807) is 13.3 Å². The second kappa shape index (κ2) is 7.72. The first-order chi connectivity index (χ1) is 14.3. The first-order valence-electron chi connectivity index (χ1n) is 10.0. The summed E-state index contributed by atoms with van der Waals surface area (Å²) in [6.07, 6.45) is 5.88. The summed E-state index contributed by atoms with van der Waals surface area (Å²) in [6, 6.07) is 16.1. The molecule has 4 aromatic rings. The minimum Gasteiger partial charge on any atom is -0.497 e. The number of hydrogen-bond acceptors (Lipinski definition) is 5. The van der Waals surface area contributed by atoms with Crippen molar-refractivity contribution in [3.63, 3.8) is 0 Å². The number of fused-ring (bicyclic) bond motifs is 1. The molecule has 0 unspecified atom stereocenters. The van der Waals surface area contributed by atoms with Gasteiger partial charge in [0.25, 0.3) is 0 Å². The van der Waals surface area contributed by atoms with Gasteiger partial charge in [-0.05, 0) is 67.9 Å². The average molecular weight is 388 g/mol. The van der Waals surface area contributed by atoms with Crippen LogP contribution in [0.1, 0.15) is 30.2 Å². The molecule has 2 aromatic heterocycles. The van der Waals surface area contributed by atoms with Crippen molar-refractivity contribution in [3.8, 4) is 11.4 Å². The fourth-order valence-corrected chi connectivity index (χ4v) is 4.09. The van der Waals surface area contributed by atoms with Crippen LogP contribution in [0.4, 0.5) is 0 Å². The normalized spacial score (nSPS) is 15.8. The standard InChI is InChI=1S/C23H24N4O2/c1-28-19-7-8-21(27-12-4-11-24-27)18(15-19)16-26-13-9-17(10-14-26)23-25-20-5-2-3-6-22(20)29-23/h2-8,11-12,15,17H,9-10,13-14,16H2,1H3. The van der Waals surface area contributed by atoms with Crippen molar-refractivity contribution in [2.75, 3.05) is 20.2 Å². The summed E-state index contributed by atoms with van der Waals surface area (Å²) in [6.45, 7) is 2.89. The monoisotopic (exact) mass is 388 g/mol. The molecule has 0 N–H and O–H groups in total. The summed E-state index contributed by atoms with van der Waals surface area (Å²) in [7, 11) is 1.71. The first-order valence-corrected chi connectivity index (χ1v) is 10.0. The Morgan fingerprint density at radius 3 is 2.72 bits per heavy atom. The number of rotatable bonds is 5. The van der Waals surface area contributed by atoms with Gasteiger partial charge in [0.05, 0.1) is 12.8 Å². The molecule has 1 aliphatic rings. The van der Waals surface area contributed by atoms with Crippen molar-refractivity contribution in [1.29, 1.82) is 0 Å². The third-order valence-electron chi connectivity index (χ3n) is 5.68.